The van der Waals surface area contributed by atoms with Crippen LogP contribution in [0.3, 0.4) is 0 Å². The molecule has 0 unspecified atom stereocenters. The number of rotatable bonds is 13. The van der Waals surface area contributed by atoms with E-state index in [1.165, 1.54) is 37.2 Å². The van der Waals surface area contributed by atoms with Crippen molar-refractivity contribution in [2.24, 2.45) is 0 Å². The summed E-state index contributed by atoms with van der Waals surface area (Å²) in [5, 5.41) is 3.43. The summed E-state index contributed by atoms with van der Waals surface area (Å²) in [5.41, 5.74) is 1.07. The van der Waals surface area contributed by atoms with Crippen LogP contribution in [-0.2, 0) is 32.8 Å². The van der Waals surface area contributed by atoms with E-state index in [1.54, 1.807) is 18.2 Å². The molecule has 0 bridgehead atoms. The van der Waals surface area contributed by atoms with Crippen LogP contribution >= 0.6 is 23.2 Å². The summed E-state index contributed by atoms with van der Waals surface area (Å²) in [6, 6.07) is 18.3. The van der Waals surface area contributed by atoms with Crippen molar-refractivity contribution in [1.82, 2.24) is 14.5 Å². The molecule has 3 rings (SSSR count). The number of carbonyl (C=O) groups excluding carboxylic acids is 2. The van der Waals surface area contributed by atoms with Gasteiger partial charge in [-0.25, -0.2) is 8.70 Å². The van der Waals surface area contributed by atoms with E-state index in [-0.39, 0.29) is 23.7 Å². The smallest absolute Gasteiger partial charge is 0.304 e. The lowest BCUT2D eigenvalue weighted by atomic mass is 10.0. The van der Waals surface area contributed by atoms with E-state index in [1.807, 2.05) is 37.3 Å². The normalized spacial score (nSPS) is 12.2. The van der Waals surface area contributed by atoms with Crippen LogP contribution in [0.25, 0.3) is 0 Å². The topological polar surface area (TPSA) is 90.0 Å². The molecule has 8 nitrogen and oxygen atoms in total. The average Bonchev–Trinajstić information content (AvgIpc) is 2.94. The first kappa shape index (κ1) is 32.3. The molecule has 3 aromatic carbocycles. The molecule has 0 fully saturated rings. The predicted molar refractivity (Wildman–Crippen MR) is 161 cm³/mol. The Kier molecular flexibility index (Phi) is 11.5. The number of hydrogen-bond acceptors (Lipinski definition) is 4. The Bertz CT molecular complexity index is 1460. The minimum atomic E-state index is -4.31. The second-order valence-electron chi connectivity index (χ2n) is 9.51. The third kappa shape index (κ3) is 8.42. The van der Waals surface area contributed by atoms with Crippen LogP contribution in [0.5, 0.6) is 0 Å². The lowest BCUT2D eigenvalue weighted by Gasteiger charge is -2.34. The highest BCUT2D eigenvalue weighted by Crippen LogP contribution is 2.26. The molecule has 0 aromatic heterocycles. The van der Waals surface area contributed by atoms with Gasteiger partial charge in [0.25, 0.3) is 0 Å². The highest BCUT2D eigenvalue weighted by molar-refractivity contribution is 7.90. The molecule has 0 aliphatic carbocycles. The van der Waals surface area contributed by atoms with Crippen molar-refractivity contribution in [3.05, 3.63) is 99.8 Å². The van der Waals surface area contributed by atoms with Gasteiger partial charge in [-0.05, 0) is 41.8 Å². The van der Waals surface area contributed by atoms with Gasteiger partial charge in [-0.3, -0.25) is 9.59 Å². The van der Waals surface area contributed by atoms with Crippen molar-refractivity contribution in [3.63, 3.8) is 0 Å². The molecule has 0 spiro atoms. The van der Waals surface area contributed by atoms with Crippen molar-refractivity contribution in [2.45, 2.75) is 32.4 Å². The minimum absolute atomic E-state index is 0.0834. The van der Waals surface area contributed by atoms with Gasteiger partial charge in [0, 0.05) is 33.6 Å². The largest absolute Gasteiger partial charge is 0.354 e. The quantitative estimate of drug-likeness (QED) is 0.293. The van der Waals surface area contributed by atoms with Crippen LogP contribution in [0.2, 0.25) is 10.0 Å². The minimum Gasteiger partial charge on any atom is -0.354 e. The van der Waals surface area contributed by atoms with Gasteiger partial charge in [0.2, 0.25) is 11.8 Å². The van der Waals surface area contributed by atoms with Gasteiger partial charge in [0.05, 0.1) is 15.7 Å². The number of anilines is 1. The lowest BCUT2D eigenvalue weighted by molar-refractivity contribution is -0.140. The summed E-state index contributed by atoms with van der Waals surface area (Å²) in [5.74, 6) is -1.93. The Hall–Kier alpha value is -3.18. The molecule has 0 aliphatic heterocycles. The van der Waals surface area contributed by atoms with E-state index in [4.69, 9.17) is 23.2 Å². The zero-order chi connectivity index (χ0) is 30.2. The Morgan fingerprint density at radius 2 is 1.59 bits per heavy atom. The number of nitrogens with zero attached hydrogens (tertiary/aromatic N) is 3. The van der Waals surface area contributed by atoms with Gasteiger partial charge in [0.1, 0.15) is 18.4 Å². The van der Waals surface area contributed by atoms with Gasteiger partial charge >= 0.3 is 10.2 Å². The van der Waals surface area contributed by atoms with Gasteiger partial charge in [-0.2, -0.15) is 12.7 Å². The van der Waals surface area contributed by atoms with Crippen LogP contribution in [0.4, 0.5) is 10.1 Å². The fourth-order valence-electron chi connectivity index (χ4n) is 4.11. The van der Waals surface area contributed by atoms with E-state index in [9.17, 15) is 22.4 Å². The van der Waals surface area contributed by atoms with E-state index in [2.05, 4.69) is 5.32 Å². The van der Waals surface area contributed by atoms with Crippen molar-refractivity contribution in [1.29, 1.82) is 0 Å². The fraction of sp³-hybridized carbons (Fsp3) is 0.310. The van der Waals surface area contributed by atoms with E-state index in [0.717, 1.165) is 15.9 Å². The van der Waals surface area contributed by atoms with Crippen molar-refractivity contribution in [2.75, 3.05) is 31.5 Å². The van der Waals surface area contributed by atoms with Gasteiger partial charge < -0.3 is 10.2 Å². The molecule has 1 N–H and O–H groups in total. The second kappa shape index (κ2) is 14.6. The third-order valence-electron chi connectivity index (χ3n) is 6.30. The van der Waals surface area contributed by atoms with Crippen LogP contribution in [-0.4, -0.2) is 62.7 Å². The number of halogens is 3. The number of hydrogen-bond donors (Lipinski definition) is 1. The van der Waals surface area contributed by atoms with Crippen LogP contribution in [0, 0.1) is 5.82 Å². The van der Waals surface area contributed by atoms with Crippen molar-refractivity contribution >= 4 is 50.9 Å². The van der Waals surface area contributed by atoms with Gasteiger partial charge in [0.15, 0.2) is 0 Å². The molecular weight excluding hydrogens is 590 g/mol. The van der Waals surface area contributed by atoms with Crippen molar-refractivity contribution in [3.8, 4) is 0 Å². The highest BCUT2D eigenvalue weighted by atomic mass is 35.5. The predicted octanol–water partition coefficient (Wildman–Crippen LogP) is 4.91. The summed E-state index contributed by atoms with van der Waals surface area (Å²) >= 11 is 12.3. The maximum Gasteiger partial charge on any atom is 0.304 e. The Morgan fingerprint density at radius 1 is 0.927 bits per heavy atom. The first-order valence-electron chi connectivity index (χ1n) is 13.0. The number of amides is 2. The molecule has 41 heavy (non-hydrogen) atoms. The van der Waals surface area contributed by atoms with Crippen LogP contribution in [0.15, 0.2) is 72.8 Å². The molecule has 220 valence electrons. The Labute approximate surface area is 250 Å². The van der Waals surface area contributed by atoms with Gasteiger partial charge in [-0.1, -0.05) is 78.7 Å². The molecule has 0 saturated carbocycles. The number of nitrogens with one attached hydrogen (secondary N) is 1. The molecule has 2 amide bonds. The Morgan fingerprint density at radius 3 is 2.20 bits per heavy atom. The summed E-state index contributed by atoms with van der Waals surface area (Å²) in [7, 11) is -1.73. The molecule has 0 radical (unpaired) electrons. The van der Waals surface area contributed by atoms with E-state index < -0.39 is 40.4 Å². The monoisotopic (exact) mass is 622 g/mol. The van der Waals surface area contributed by atoms with Crippen molar-refractivity contribution < 1.29 is 22.4 Å². The summed E-state index contributed by atoms with van der Waals surface area (Å²) in [6.45, 7) is 1.45. The maximum absolute atomic E-state index is 14.9. The van der Waals surface area contributed by atoms with Gasteiger partial charge in [-0.15, -0.1) is 0 Å². The SMILES string of the molecule is CCCNC(=O)[C@H](Cc1ccccc1)N(Cc1ccc(Cl)c(Cl)c1)C(=O)CN(c1ccccc1F)S(=O)(=O)N(C)C. The first-order valence-corrected chi connectivity index (χ1v) is 15.1. The molecule has 1 atom stereocenters. The van der Waals surface area contributed by atoms with Crippen LogP contribution in [0.1, 0.15) is 24.5 Å². The zero-order valence-electron chi connectivity index (χ0n) is 23.1. The van der Waals surface area contributed by atoms with E-state index >= 15 is 0 Å². The van der Waals surface area contributed by atoms with Crippen LogP contribution < -0.4 is 9.62 Å². The lowest BCUT2D eigenvalue weighted by Crippen LogP contribution is -2.54. The molecule has 3 aromatic rings. The summed E-state index contributed by atoms with van der Waals surface area (Å²) in [6.07, 6.45) is 0.830. The first-order chi connectivity index (χ1) is 19.4. The zero-order valence-corrected chi connectivity index (χ0v) is 25.4. The third-order valence-corrected chi connectivity index (χ3v) is 8.84. The van der Waals surface area contributed by atoms with E-state index in [0.29, 0.717) is 27.9 Å². The molecular formula is C29H33Cl2FN4O4S. The number of benzene rings is 3. The summed E-state index contributed by atoms with van der Waals surface area (Å²) < 4.78 is 43.1. The number of carbonyl (C=O) groups is 2. The summed E-state index contributed by atoms with van der Waals surface area (Å²) in [4.78, 5) is 28.9. The fourth-order valence-corrected chi connectivity index (χ4v) is 5.50. The molecule has 0 aliphatic rings. The maximum atomic E-state index is 14.9. The molecule has 0 heterocycles. The molecule has 0 saturated heterocycles. The number of para-hydroxylation sites is 1. The highest BCUT2D eigenvalue weighted by Gasteiger charge is 2.35. The standard InChI is InChI=1S/C29H33Cl2FN4O4S/c1-4-16-33-29(38)27(18-21-10-6-5-7-11-21)35(19-22-14-15-23(30)24(31)17-22)28(37)20-36(41(39,40)34(2)3)26-13-9-8-12-25(26)32/h5-15,17,27H,4,16,18-20H2,1-3H3,(H,33,38)/t27-/m0/s1. The second-order valence-corrected chi connectivity index (χ2v) is 12.4. The molecule has 12 heteroatoms. The Balaban J connectivity index is 2.11. The average molecular weight is 624 g/mol.